The highest BCUT2D eigenvalue weighted by molar-refractivity contribution is 6.31. The molecule has 0 atom stereocenters. The van der Waals surface area contributed by atoms with E-state index in [1.54, 1.807) is 18.2 Å². The maximum Gasteiger partial charge on any atom is 0.331 e. The zero-order chi connectivity index (χ0) is 21.8. The van der Waals surface area contributed by atoms with Crippen molar-refractivity contribution in [1.29, 1.82) is 0 Å². The molecule has 0 unspecified atom stereocenters. The molecule has 8 heteroatoms. The van der Waals surface area contributed by atoms with Crippen LogP contribution in [0, 0.1) is 5.82 Å². The third-order valence-corrected chi connectivity index (χ3v) is 4.88. The van der Waals surface area contributed by atoms with Gasteiger partial charge in [0.15, 0.2) is 0 Å². The molecule has 0 bridgehead atoms. The van der Waals surface area contributed by atoms with E-state index in [1.165, 1.54) is 30.3 Å². The number of phenolic OH excluding ortho intramolecular Hbond substituents is 1. The minimum atomic E-state index is -0.854. The predicted molar refractivity (Wildman–Crippen MR) is 110 cm³/mol. The van der Waals surface area contributed by atoms with Gasteiger partial charge in [-0.25, -0.2) is 9.18 Å². The van der Waals surface area contributed by atoms with Crippen LogP contribution in [-0.2, 0) is 16.1 Å². The lowest BCUT2D eigenvalue weighted by molar-refractivity contribution is -0.130. The topological polar surface area (TPSA) is 90.0 Å². The Labute approximate surface area is 173 Å². The number of carbonyl (C=O) groups excluding carboxylic acids is 3. The summed E-state index contributed by atoms with van der Waals surface area (Å²) < 4.78 is 13.1. The Morgan fingerprint density at radius 3 is 2.33 bits per heavy atom. The van der Waals surface area contributed by atoms with E-state index in [4.69, 9.17) is 0 Å². The first kappa shape index (κ1) is 21.0. The smallest absolute Gasteiger partial charge is 0.331 e. The summed E-state index contributed by atoms with van der Waals surface area (Å²) in [7, 11) is 0. The normalized spacial score (nSPS) is 15.5. The molecule has 7 nitrogen and oxygen atoms in total. The fraction of sp³-hybridized carbons (Fsp3) is 0.227. The Morgan fingerprint density at radius 1 is 1.07 bits per heavy atom. The Morgan fingerprint density at radius 2 is 1.73 bits per heavy atom. The van der Waals surface area contributed by atoms with Crippen molar-refractivity contribution in [1.82, 2.24) is 10.2 Å². The Hall–Kier alpha value is -3.68. The van der Waals surface area contributed by atoms with Gasteiger partial charge >= 0.3 is 6.03 Å². The van der Waals surface area contributed by atoms with Crippen LogP contribution in [0.15, 0.2) is 48.0 Å². The van der Waals surface area contributed by atoms with E-state index >= 15 is 0 Å². The molecule has 1 aliphatic heterocycles. The third-order valence-electron chi connectivity index (χ3n) is 4.88. The molecule has 0 aliphatic carbocycles. The van der Waals surface area contributed by atoms with E-state index < -0.39 is 23.7 Å². The van der Waals surface area contributed by atoms with Gasteiger partial charge in [-0.3, -0.25) is 19.8 Å². The highest BCUT2D eigenvalue weighted by atomic mass is 19.1. The number of urea groups is 1. The number of amides is 4. The molecule has 2 aromatic carbocycles. The van der Waals surface area contributed by atoms with Gasteiger partial charge in [0.05, 0.1) is 6.54 Å². The number of imide groups is 2. The largest absolute Gasteiger partial charge is 0.507 e. The maximum absolute atomic E-state index is 13.1. The molecule has 0 aromatic heterocycles. The van der Waals surface area contributed by atoms with Crippen LogP contribution in [0.4, 0.5) is 14.9 Å². The number of aromatic hydroxyl groups is 1. The van der Waals surface area contributed by atoms with Gasteiger partial charge in [0.2, 0.25) is 0 Å². The fourth-order valence-electron chi connectivity index (χ4n) is 3.21. The Balaban J connectivity index is 1.89. The molecule has 0 radical (unpaired) electrons. The van der Waals surface area contributed by atoms with Crippen molar-refractivity contribution < 1.29 is 23.9 Å². The van der Waals surface area contributed by atoms with Crippen LogP contribution < -0.4 is 10.2 Å². The minimum absolute atomic E-state index is 0.0884. The molecule has 1 aliphatic rings. The molecule has 2 aromatic rings. The van der Waals surface area contributed by atoms with Gasteiger partial charge < -0.3 is 10.0 Å². The lowest BCUT2D eigenvalue weighted by Gasteiger charge is -2.26. The van der Waals surface area contributed by atoms with Crippen LogP contribution in [-0.4, -0.2) is 40.9 Å². The van der Waals surface area contributed by atoms with Gasteiger partial charge in [0.1, 0.15) is 17.1 Å². The summed E-state index contributed by atoms with van der Waals surface area (Å²) in [5.74, 6) is -2.16. The van der Waals surface area contributed by atoms with Crippen molar-refractivity contribution in [2.75, 3.05) is 18.0 Å². The number of benzene rings is 2. The number of nitrogens with one attached hydrogen (secondary N) is 1. The second-order valence-corrected chi connectivity index (χ2v) is 6.75. The van der Waals surface area contributed by atoms with Crippen LogP contribution in [0.2, 0.25) is 0 Å². The average molecular weight is 411 g/mol. The second kappa shape index (κ2) is 8.77. The van der Waals surface area contributed by atoms with Crippen LogP contribution in [0.5, 0.6) is 5.75 Å². The highest BCUT2D eigenvalue weighted by Crippen LogP contribution is 2.27. The van der Waals surface area contributed by atoms with E-state index in [9.17, 15) is 23.9 Å². The van der Waals surface area contributed by atoms with Crippen LogP contribution in [0.25, 0.3) is 6.08 Å². The number of hydrogen-bond acceptors (Lipinski definition) is 5. The molecule has 0 saturated carbocycles. The Bertz CT molecular complexity index is 1010. The van der Waals surface area contributed by atoms with Gasteiger partial charge in [-0.15, -0.1) is 0 Å². The van der Waals surface area contributed by atoms with E-state index in [1.807, 2.05) is 18.7 Å². The lowest BCUT2D eigenvalue weighted by atomic mass is 10.1. The summed E-state index contributed by atoms with van der Waals surface area (Å²) in [5, 5.41) is 12.5. The number of anilines is 1. The first-order chi connectivity index (χ1) is 14.3. The number of halogens is 1. The van der Waals surface area contributed by atoms with Crippen molar-refractivity contribution in [3.05, 3.63) is 65.0 Å². The predicted octanol–water partition coefficient (Wildman–Crippen LogP) is 3.04. The average Bonchev–Trinajstić information content (AvgIpc) is 2.72. The van der Waals surface area contributed by atoms with Crippen LogP contribution in [0.3, 0.4) is 0 Å². The lowest BCUT2D eigenvalue weighted by Crippen LogP contribution is -2.53. The minimum Gasteiger partial charge on any atom is -0.507 e. The van der Waals surface area contributed by atoms with E-state index in [0.717, 1.165) is 23.7 Å². The molecular formula is C22H22FN3O4. The van der Waals surface area contributed by atoms with E-state index in [0.29, 0.717) is 5.56 Å². The molecule has 30 heavy (non-hydrogen) atoms. The van der Waals surface area contributed by atoms with Gasteiger partial charge in [-0.05, 0) is 49.8 Å². The highest BCUT2D eigenvalue weighted by Gasteiger charge is 2.35. The zero-order valence-electron chi connectivity index (χ0n) is 16.7. The standard InChI is InChI=1S/C22H22FN3O4/c1-3-25(4-2)17-10-7-15(19(27)12-17)11-18-20(28)24-22(30)26(21(18)29)13-14-5-8-16(23)9-6-14/h5-12,27H,3-4,13H2,1-2H3,(H,24,28,30). The number of rotatable bonds is 6. The second-order valence-electron chi connectivity index (χ2n) is 6.75. The first-order valence-corrected chi connectivity index (χ1v) is 9.55. The van der Waals surface area contributed by atoms with Crippen molar-refractivity contribution in [3.63, 3.8) is 0 Å². The van der Waals surface area contributed by atoms with Gasteiger partial charge in [-0.2, -0.15) is 0 Å². The van der Waals surface area contributed by atoms with Crippen LogP contribution >= 0.6 is 0 Å². The number of hydrogen-bond donors (Lipinski definition) is 2. The molecular weight excluding hydrogens is 389 g/mol. The number of phenols is 1. The van der Waals surface area contributed by atoms with Gasteiger partial charge in [-0.1, -0.05) is 12.1 Å². The van der Waals surface area contributed by atoms with E-state index in [-0.39, 0.29) is 23.4 Å². The SMILES string of the molecule is CCN(CC)c1ccc(C=C2C(=O)NC(=O)N(Cc3ccc(F)cc3)C2=O)c(O)c1. The van der Waals surface area contributed by atoms with Gasteiger partial charge in [0.25, 0.3) is 11.8 Å². The molecule has 1 heterocycles. The Kier molecular flexibility index (Phi) is 6.15. The molecule has 3 rings (SSSR count). The summed E-state index contributed by atoms with van der Waals surface area (Å²) in [5.41, 5.74) is 1.34. The maximum atomic E-state index is 13.1. The molecule has 2 N–H and O–H groups in total. The zero-order valence-corrected chi connectivity index (χ0v) is 16.7. The summed E-state index contributed by atoms with van der Waals surface area (Å²) in [6, 6.07) is 9.45. The number of barbiturate groups is 1. The monoisotopic (exact) mass is 411 g/mol. The fourth-order valence-corrected chi connectivity index (χ4v) is 3.21. The van der Waals surface area contributed by atoms with Gasteiger partial charge in [0, 0.05) is 30.4 Å². The molecule has 156 valence electrons. The van der Waals surface area contributed by atoms with Crippen molar-refractivity contribution >= 4 is 29.6 Å². The first-order valence-electron chi connectivity index (χ1n) is 9.55. The third kappa shape index (κ3) is 4.32. The van der Waals surface area contributed by atoms with Crippen molar-refractivity contribution in [3.8, 4) is 5.75 Å². The summed E-state index contributed by atoms with van der Waals surface area (Å²) >= 11 is 0. The molecule has 1 fully saturated rings. The van der Waals surface area contributed by atoms with Crippen LogP contribution in [0.1, 0.15) is 25.0 Å². The summed E-state index contributed by atoms with van der Waals surface area (Å²) in [6.07, 6.45) is 1.25. The van der Waals surface area contributed by atoms with Crippen molar-refractivity contribution in [2.24, 2.45) is 0 Å². The molecule has 1 saturated heterocycles. The van der Waals surface area contributed by atoms with E-state index in [2.05, 4.69) is 5.32 Å². The summed E-state index contributed by atoms with van der Waals surface area (Å²) in [6.45, 7) is 5.39. The quantitative estimate of drug-likeness (QED) is 0.563. The number of nitrogens with zero attached hydrogens (tertiary/aromatic N) is 2. The van der Waals surface area contributed by atoms with Crippen molar-refractivity contribution in [2.45, 2.75) is 20.4 Å². The summed E-state index contributed by atoms with van der Waals surface area (Å²) in [4.78, 5) is 40.1. The molecule has 4 amide bonds. The number of carbonyl (C=O) groups is 3. The molecule has 0 spiro atoms.